The SMILES string of the molecule is O=C(O)CCCCN1CCC(=O)CC1. The number of likely N-dealkylation sites (tertiary alicyclic amines) is 1. The lowest BCUT2D eigenvalue weighted by Crippen LogP contribution is -2.34. The Bertz CT molecular complexity index is 205. The summed E-state index contributed by atoms with van der Waals surface area (Å²) >= 11 is 0. The standard InChI is InChI=1S/C10H17NO3/c12-9-4-7-11(8-5-9)6-2-1-3-10(13)14/h1-8H2,(H,13,14). The average Bonchev–Trinajstić information content (AvgIpc) is 2.15. The van der Waals surface area contributed by atoms with Crippen molar-refractivity contribution in [3.05, 3.63) is 0 Å². The molecule has 0 atom stereocenters. The molecule has 0 unspecified atom stereocenters. The minimum absolute atomic E-state index is 0.257. The number of nitrogens with zero attached hydrogens (tertiary/aromatic N) is 1. The Morgan fingerprint density at radius 2 is 1.93 bits per heavy atom. The summed E-state index contributed by atoms with van der Waals surface area (Å²) in [6, 6.07) is 0. The zero-order valence-electron chi connectivity index (χ0n) is 8.37. The van der Waals surface area contributed by atoms with Crippen LogP contribution in [0.5, 0.6) is 0 Å². The van der Waals surface area contributed by atoms with Gasteiger partial charge in [0.15, 0.2) is 0 Å². The number of hydrogen-bond acceptors (Lipinski definition) is 3. The maximum Gasteiger partial charge on any atom is 0.303 e. The van der Waals surface area contributed by atoms with E-state index in [-0.39, 0.29) is 6.42 Å². The second kappa shape index (κ2) is 5.75. The number of carboxylic acid groups (broad SMARTS) is 1. The fraction of sp³-hybridized carbons (Fsp3) is 0.800. The molecular weight excluding hydrogens is 182 g/mol. The van der Waals surface area contributed by atoms with Crippen molar-refractivity contribution in [1.82, 2.24) is 4.90 Å². The summed E-state index contributed by atoms with van der Waals surface area (Å²) in [4.78, 5) is 23.4. The third-order valence-corrected chi connectivity index (χ3v) is 2.53. The summed E-state index contributed by atoms with van der Waals surface area (Å²) in [5, 5.41) is 8.43. The number of carbonyl (C=O) groups excluding carboxylic acids is 1. The quantitative estimate of drug-likeness (QED) is 0.668. The predicted octanol–water partition coefficient (Wildman–Crippen LogP) is 0.906. The third kappa shape index (κ3) is 4.37. The Hall–Kier alpha value is -0.900. The van der Waals surface area contributed by atoms with Gasteiger partial charge in [-0.3, -0.25) is 9.59 Å². The molecule has 1 heterocycles. The summed E-state index contributed by atoms with van der Waals surface area (Å²) in [7, 11) is 0. The molecule has 0 aromatic rings. The van der Waals surface area contributed by atoms with Crippen molar-refractivity contribution < 1.29 is 14.7 Å². The van der Waals surface area contributed by atoms with Crippen LogP contribution in [0.1, 0.15) is 32.1 Å². The topological polar surface area (TPSA) is 57.6 Å². The Morgan fingerprint density at radius 3 is 2.50 bits per heavy atom. The van der Waals surface area contributed by atoms with Crippen molar-refractivity contribution in [2.24, 2.45) is 0 Å². The molecular formula is C10H17NO3. The first-order chi connectivity index (χ1) is 6.68. The maximum absolute atomic E-state index is 10.9. The van der Waals surface area contributed by atoms with E-state index in [9.17, 15) is 9.59 Å². The molecule has 4 heteroatoms. The summed E-state index contributed by atoms with van der Waals surface area (Å²) in [6.07, 6.45) is 3.24. The molecule has 4 nitrogen and oxygen atoms in total. The molecule has 0 bridgehead atoms. The van der Waals surface area contributed by atoms with Crippen molar-refractivity contribution in [2.75, 3.05) is 19.6 Å². The van der Waals surface area contributed by atoms with Crippen LogP contribution in [0.3, 0.4) is 0 Å². The molecule has 14 heavy (non-hydrogen) atoms. The molecule has 1 aliphatic heterocycles. The van der Waals surface area contributed by atoms with Crippen LogP contribution >= 0.6 is 0 Å². The first kappa shape index (κ1) is 11.2. The minimum atomic E-state index is -0.723. The van der Waals surface area contributed by atoms with E-state index >= 15 is 0 Å². The van der Waals surface area contributed by atoms with Gasteiger partial charge in [0, 0.05) is 32.4 Å². The highest BCUT2D eigenvalue weighted by Crippen LogP contribution is 2.07. The Kier molecular flexibility index (Phi) is 4.59. The number of piperidine rings is 1. The fourth-order valence-corrected chi connectivity index (χ4v) is 1.64. The molecule has 0 amide bonds. The van der Waals surface area contributed by atoms with Crippen LogP contribution in [0.15, 0.2) is 0 Å². The first-order valence-electron chi connectivity index (χ1n) is 5.14. The van der Waals surface area contributed by atoms with Crippen molar-refractivity contribution in [3.63, 3.8) is 0 Å². The van der Waals surface area contributed by atoms with Crippen molar-refractivity contribution in [3.8, 4) is 0 Å². The van der Waals surface area contributed by atoms with Gasteiger partial charge in [0.1, 0.15) is 5.78 Å². The Morgan fingerprint density at radius 1 is 1.29 bits per heavy atom. The minimum Gasteiger partial charge on any atom is -0.481 e. The van der Waals surface area contributed by atoms with E-state index in [2.05, 4.69) is 4.90 Å². The number of carbonyl (C=O) groups is 2. The predicted molar refractivity (Wildman–Crippen MR) is 52.2 cm³/mol. The van der Waals surface area contributed by atoms with E-state index < -0.39 is 5.97 Å². The molecule has 0 aromatic carbocycles. The lowest BCUT2D eigenvalue weighted by atomic mass is 10.1. The van der Waals surface area contributed by atoms with E-state index in [0.29, 0.717) is 18.6 Å². The number of unbranched alkanes of at least 4 members (excludes halogenated alkanes) is 1. The van der Waals surface area contributed by atoms with Crippen LogP contribution in [0.2, 0.25) is 0 Å². The molecule has 0 aromatic heterocycles. The van der Waals surface area contributed by atoms with Crippen molar-refractivity contribution in [1.29, 1.82) is 0 Å². The first-order valence-corrected chi connectivity index (χ1v) is 5.14. The summed E-state index contributed by atoms with van der Waals surface area (Å²) < 4.78 is 0. The molecule has 1 saturated heterocycles. The zero-order valence-corrected chi connectivity index (χ0v) is 8.37. The van der Waals surface area contributed by atoms with Gasteiger partial charge in [0.05, 0.1) is 0 Å². The molecule has 1 rings (SSSR count). The van der Waals surface area contributed by atoms with Crippen LogP contribution in [0, 0.1) is 0 Å². The van der Waals surface area contributed by atoms with Gasteiger partial charge >= 0.3 is 5.97 Å². The van der Waals surface area contributed by atoms with Gasteiger partial charge < -0.3 is 10.0 Å². The fourth-order valence-electron chi connectivity index (χ4n) is 1.64. The van der Waals surface area contributed by atoms with Crippen LogP contribution in [0.25, 0.3) is 0 Å². The largest absolute Gasteiger partial charge is 0.481 e. The van der Waals surface area contributed by atoms with Gasteiger partial charge in [-0.25, -0.2) is 0 Å². The summed E-state index contributed by atoms with van der Waals surface area (Å²) in [5.74, 6) is -0.370. The number of aliphatic carboxylic acids is 1. The van der Waals surface area contributed by atoms with E-state index in [0.717, 1.165) is 32.5 Å². The Balaban J connectivity index is 2.02. The van der Waals surface area contributed by atoms with E-state index in [1.165, 1.54) is 0 Å². The third-order valence-electron chi connectivity index (χ3n) is 2.53. The van der Waals surface area contributed by atoms with Crippen LogP contribution < -0.4 is 0 Å². The second-order valence-electron chi connectivity index (χ2n) is 3.73. The van der Waals surface area contributed by atoms with Gasteiger partial charge in [-0.2, -0.15) is 0 Å². The lowest BCUT2D eigenvalue weighted by Gasteiger charge is -2.25. The molecule has 0 radical (unpaired) electrons. The van der Waals surface area contributed by atoms with Gasteiger partial charge in [-0.15, -0.1) is 0 Å². The monoisotopic (exact) mass is 199 g/mol. The number of Topliss-reactive ketones (excluding diaryl/α,β-unsaturated/α-hetero) is 1. The van der Waals surface area contributed by atoms with Crippen molar-refractivity contribution in [2.45, 2.75) is 32.1 Å². The number of ketones is 1. The molecule has 0 saturated carbocycles. The van der Waals surface area contributed by atoms with Crippen LogP contribution in [-0.2, 0) is 9.59 Å². The van der Waals surface area contributed by atoms with E-state index in [4.69, 9.17) is 5.11 Å². The lowest BCUT2D eigenvalue weighted by molar-refractivity contribution is -0.137. The van der Waals surface area contributed by atoms with Crippen LogP contribution in [-0.4, -0.2) is 41.4 Å². The van der Waals surface area contributed by atoms with Gasteiger partial charge in [0.25, 0.3) is 0 Å². The van der Waals surface area contributed by atoms with E-state index in [1.54, 1.807) is 0 Å². The van der Waals surface area contributed by atoms with Crippen molar-refractivity contribution >= 4 is 11.8 Å². The molecule has 1 N–H and O–H groups in total. The zero-order chi connectivity index (χ0) is 10.4. The summed E-state index contributed by atoms with van der Waals surface area (Å²) in [5.41, 5.74) is 0. The second-order valence-corrected chi connectivity index (χ2v) is 3.73. The van der Waals surface area contributed by atoms with Gasteiger partial charge in [-0.05, 0) is 19.4 Å². The summed E-state index contributed by atoms with van der Waals surface area (Å²) in [6.45, 7) is 2.64. The smallest absolute Gasteiger partial charge is 0.303 e. The highest BCUT2D eigenvalue weighted by atomic mass is 16.4. The molecule has 1 fully saturated rings. The Labute approximate surface area is 83.9 Å². The molecule has 1 aliphatic rings. The normalized spacial score (nSPS) is 18.4. The maximum atomic E-state index is 10.9. The molecule has 0 spiro atoms. The van der Waals surface area contributed by atoms with Gasteiger partial charge in [-0.1, -0.05) is 0 Å². The molecule has 80 valence electrons. The van der Waals surface area contributed by atoms with E-state index in [1.807, 2.05) is 0 Å². The average molecular weight is 199 g/mol. The highest BCUT2D eigenvalue weighted by molar-refractivity contribution is 5.79. The van der Waals surface area contributed by atoms with Crippen LogP contribution in [0.4, 0.5) is 0 Å². The number of hydrogen-bond donors (Lipinski definition) is 1. The highest BCUT2D eigenvalue weighted by Gasteiger charge is 2.15. The number of rotatable bonds is 5. The molecule has 0 aliphatic carbocycles. The number of carboxylic acids is 1. The van der Waals surface area contributed by atoms with Gasteiger partial charge in [0.2, 0.25) is 0 Å².